The minimum Gasteiger partial charge on any atom is -0.495 e. The Labute approximate surface area is 135 Å². The summed E-state index contributed by atoms with van der Waals surface area (Å²) in [4.78, 5) is 12.4. The lowest BCUT2D eigenvalue weighted by atomic mass is 10.0. The van der Waals surface area contributed by atoms with Gasteiger partial charge in [-0.3, -0.25) is 4.79 Å². The summed E-state index contributed by atoms with van der Waals surface area (Å²) in [5.41, 5.74) is 2.80. The van der Waals surface area contributed by atoms with Gasteiger partial charge in [0.05, 0.1) is 19.2 Å². The molecule has 0 saturated carbocycles. The Bertz CT molecular complexity index is 850. The summed E-state index contributed by atoms with van der Waals surface area (Å²) in [6, 6.07) is 19.9. The number of nitrogens with one attached hydrogen (secondary N) is 1. The quantitative estimate of drug-likeness (QED) is 0.778. The number of aryl methyl sites for hydroxylation is 1. The SMILES string of the molecule is COc1ccc(C)cc1NC(=O)Cc1cccc2ccccc12. The highest BCUT2D eigenvalue weighted by molar-refractivity contribution is 5.97. The van der Waals surface area contributed by atoms with Gasteiger partial charge in [-0.1, -0.05) is 48.5 Å². The topological polar surface area (TPSA) is 38.3 Å². The van der Waals surface area contributed by atoms with Crippen molar-refractivity contribution < 1.29 is 9.53 Å². The van der Waals surface area contributed by atoms with E-state index in [1.807, 2.05) is 55.5 Å². The average Bonchev–Trinajstić information content (AvgIpc) is 2.55. The second-order valence-corrected chi connectivity index (χ2v) is 5.57. The first-order valence-electron chi connectivity index (χ1n) is 7.58. The van der Waals surface area contributed by atoms with Crippen molar-refractivity contribution in [3.63, 3.8) is 0 Å². The lowest BCUT2D eigenvalue weighted by Crippen LogP contribution is -2.15. The molecular formula is C20H19NO2. The van der Waals surface area contributed by atoms with Crippen LogP contribution >= 0.6 is 0 Å². The van der Waals surface area contributed by atoms with E-state index in [4.69, 9.17) is 4.74 Å². The maximum absolute atomic E-state index is 12.4. The van der Waals surface area contributed by atoms with E-state index in [-0.39, 0.29) is 5.91 Å². The molecule has 0 aromatic heterocycles. The van der Waals surface area contributed by atoms with Gasteiger partial charge < -0.3 is 10.1 Å². The lowest BCUT2D eigenvalue weighted by molar-refractivity contribution is -0.115. The molecule has 0 saturated heterocycles. The van der Waals surface area contributed by atoms with E-state index in [0.29, 0.717) is 17.9 Å². The molecule has 3 aromatic rings. The van der Waals surface area contributed by atoms with Crippen molar-refractivity contribution in [1.82, 2.24) is 0 Å². The molecule has 0 bridgehead atoms. The monoisotopic (exact) mass is 305 g/mol. The summed E-state index contributed by atoms with van der Waals surface area (Å²) >= 11 is 0. The molecule has 0 radical (unpaired) electrons. The van der Waals surface area contributed by atoms with Crippen LogP contribution in [0.3, 0.4) is 0 Å². The Hall–Kier alpha value is -2.81. The number of hydrogen-bond acceptors (Lipinski definition) is 2. The normalized spacial score (nSPS) is 10.5. The Morgan fingerprint density at radius 2 is 1.83 bits per heavy atom. The molecule has 3 rings (SSSR count). The third-order valence-corrected chi connectivity index (χ3v) is 3.86. The second kappa shape index (κ2) is 6.53. The molecule has 0 fully saturated rings. The highest BCUT2D eigenvalue weighted by Crippen LogP contribution is 2.26. The zero-order valence-electron chi connectivity index (χ0n) is 13.3. The molecule has 0 aliphatic rings. The fourth-order valence-corrected chi connectivity index (χ4v) is 2.73. The molecule has 3 aromatic carbocycles. The summed E-state index contributed by atoms with van der Waals surface area (Å²) in [5, 5.41) is 5.21. The van der Waals surface area contributed by atoms with Gasteiger partial charge in [0, 0.05) is 0 Å². The molecule has 0 aliphatic heterocycles. The second-order valence-electron chi connectivity index (χ2n) is 5.57. The Kier molecular flexibility index (Phi) is 4.29. The van der Waals surface area contributed by atoms with Crippen molar-refractivity contribution in [2.75, 3.05) is 12.4 Å². The van der Waals surface area contributed by atoms with Gasteiger partial charge in [-0.2, -0.15) is 0 Å². The molecule has 0 atom stereocenters. The Morgan fingerprint density at radius 3 is 2.65 bits per heavy atom. The Morgan fingerprint density at radius 1 is 1.04 bits per heavy atom. The molecule has 0 heterocycles. The molecule has 3 heteroatoms. The van der Waals surface area contributed by atoms with Crippen LogP contribution in [0.2, 0.25) is 0 Å². The number of rotatable bonds is 4. The van der Waals surface area contributed by atoms with Crippen LogP contribution in [0.15, 0.2) is 60.7 Å². The van der Waals surface area contributed by atoms with Gasteiger partial charge in [-0.25, -0.2) is 0 Å². The molecule has 1 amide bonds. The van der Waals surface area contributed by atoms with E-state index < -0.39 is 0 Å². The van der Waals surface area contributed by atoms with Crippen molar-refractivity contribution in [2.45, 2.75) is 13.3 Å². The van der Waals surface area contributed by atoms with Crippen molar-refractivity contribution in [1.29, 1.82) is 0 Å². The number of benzene rings is 3. The highest BCUT2D eigenvalue weighted by atomic mass is 16.5. The largest absolute Gasteiger partial charge is 0.495 e. The van der Waals surface area contributed by atoms with Crippen molar-refractivity contribution in [2.24, 2.45) is 0 Å². The van der Waals surface area contributed by atoms with Gasteiger partial charge in [-0.15, -0.1) is 0 Å². The van der Waals surface area contributed by atoms with Crippen molar-refractivity contribution in [3.05, 3.63) is 71.8 Å². The summed E-state index contributed by atoms with van der Waals surface area (Å²) in [6.07, 6.45) is 0.332. The summed E-state index contributed by atoms with van der Waals surface area (Å²) in [5.74, 6) is 0.618. The van der Waals surface area contributed by atoms with Gasteiger partial charge in [0.25, 0.3) is 0 Å². The van der Waals surface area contributed by atoms with Crippen LogP contribution in [0.25, 0.3) is 10.8 Å². The van der Waals surface area contributed by atoms with Gasteiger partial charge in [-0.05, 0) is 41.0 Å². The molecule has 1 N–H and O–H groups in total. The first-order valence-corrected chi connectivity index (χ1v) is 7.58. The standard InChI is InChI=1S/C20H19NO2/c1-14-10-11-19(23-2)18(12-14)21-20(22)13-16-8-5-7-15-6-3-4-9-17(15)16/h3-12H,13H2,1-2H3,(H,21,22). The highest BCUT2D eigenvalue weighted by Gasteiger charge is 2.10. The van der Waals surface area contributed by atoms with E-state index >= 15 is 0 Å². The van der Waals surface area contributed by atoms with Crippen LogP contribution in [0.1, 0.15) is 11.1 Å². The molecule has 23 heavy (non-hydrogen) atoms. The summed E-state index contributed by atoms with van der Waals surface area (Å²) in [7, 11) is 1.60. The van der Waals surface area contributed by atoms with E-state index in [1.54, 1.807) is 7.11 Å². The number of amides is 1. The van der Waals surface area contributed by atoms with Crippen LogP contribution in [0, 0.1) is 6.92 Å². The number of carbonyl (C=O) groups excluding carboxylic acids is 1. The predicted octanol–water partition coefficient (Wildman–Crippen LogP) is 4.34. The average molecular weight is 305 g/mol. The van der Waals surface area contributed by atoms with E-state index in [1.165, 1.54) is 0 Å². The number of fused-ring (bicyclic) bond motifs is 1. The minimum absolute atomic E-state index is 0.0507. The number of carbonyl (C=O) groups is 1. The van der Waals surface area contributed by atoms with E-state index in [0.717, 1.165) is 21.9 Å². The minimum atomic E-state index is -0.0507. The van der Waals surface area contributed by atoms with Gasteiger partial charge in [0.2, 0.25) is 5.91 Å². The van der Waals surface area contributed by atoms with E-state index in [9.17, 15) is 4.79 Å². The number of anilines is 1. The summed E-state index contributed by atoms with van der Waals surface area (Å²) in [6.45, 7) is 1.99. The van der Waals surface area contributed by atoms with Crippen LogP contribution in [-0.4, -0.2) is 13.0 Å². The first-order chi connectivity index (χ1) is 11.2. The zero-order chi connectivity index (χ0) is 16.2. The fourth-order valence-electron chi connectivity index (χ4n) is 2.73. The fraction of sp³-hybridized carbons (Fsp3) is 0.150. The smallest absolute Gasteiger partial charge is 0.228 e. The maximum Gasteiger partial charge on any atom is 0.228 e. The van der Waals surface area contributed by atoms with Crippen molar-refractivity contribution in [3.8, 4) is 5.75 Å². The zero-order valence-corrected chi connectivity index (χ0v) is 13.3. The van der Waals surface area contributed by atoms with Crippen LogP contribution in [-0.2, 0) is 11.2 Å². The third kappa shape index (κ3) is 3.34. The van der Waals surface area contributed by atoms with Gasteiger partial charge >= 0.3 is 0 Å². The van der Waals surface area contributed by atoms with Gasteiger partial charge in [0.1, 0.15) is 5.75 Å². The number of methoxy groups -OCH3 is 1. The molecule has 0 spiro atoms. The van der Waals surface area contributed by atoms with Gasteiger partial charge in [0.15, 0.2) is 0 Å². The van der Waals surface area contributed by atoms with Crippen LogP contribution < -0.4 is 10.1 Å². The lowest BCUT2D eigenvalue weighted by Gasteiger charge is -2.12. The molecular weight excluding hydrogens is 286 g/mol. The van der Waals surface area contributed by atoms with E-state index in [2.05, 4.69) is 17.4 Å². The third-order valence-electron chi connectivity index (χ3n) is 3.86. The molecule has 116 valence electrons. The number of hydrogen-bond donors (Lipinski definition) is 1. The molecule has 0 aliphatic carbocycles. The van der Waals surface area contributed by atoms with Crippen LogP contribution in [0.5, 0.6) is 5.75 Å². The Balaban J connectivity index is 1.83. The van der Waals surface area contributed by atoms with Crippen molar-refractivity contribution >= 4 is 22.4 Å². The molecule has 3 nitrogen and oxygen atoms in total. The number of ether oxygens (including phenoxy) is 1. The molecule has 0 unspecified atom stereocenters. The van der Waals surface area contributed by atoms with Crippen LogP contribution in [0.4, 0.5) is 5.69 Å². The predicted molar refractivity (Wildman–Crippen MR) is 94.0 cm³/mol. The first kappa shape index (κ1) is 15.1. The maximum atomic E-state index is 12.4. The summed E-state index contributed by atoms with van der Waals surface area (Å²) < 4.78 is 5.31.